The van der Waals surface area contributed by atoms with Gasteiger partial charge in [-0.25, -0.2) is 0 Å². The predicted octanol–water partition coefficient (Wildman–Crippen LogP) is 2.86. The zero-order chi connectivity index (χ0) is 12.7. The average molecular weight is 252 g/mol. The van der Waals surface area contributed by atoms with Crippen molar-refractivity contribution in [3.05, 3.63) is 24.3 Å². The molecule has 0 aliphatic heterocycles. The van der Waals surface area contributed by atoms with Crippen molar-refractivity contribution in [1.29, 1.82) is 0 Å². The van der Waals surface area contributed by atoms with Gasteiger partial charge < -0.3 is 11.1 Å². The first-order valence-electron chi connectivity index (χ1n) is 5.88. The molecule has 0 aliphatic rings. The van der Waals surface area contributed by atoms with Crippen molar-refractivity contribution >= 4 is 23.4 Å². The lowest BCUT2D eigenvalue weighted by Gasteiger charge is -2.11. The molecule has 0 spiro atoms. The Bertz CT molecular complexity index is 351. The summed E-state index contributed by atoms with van der Waals surface area (Å²) in [7, 11) is 0. The number of rotatable bonds is 6. The van der Waals surface area contributed by atoms with Crippen molar-refractivity contribution in [2.75, 3.05) is 11.6 Å². The first-order chi connectivity index (χ1) is 8.17. The first kappa shape index (κ1) is 14.1. The Balaban J connectivity index is 2.49. The van der Waals surface area contributed by atoms with E-state index >= 15 is 0 Å². The maximum absolute atomic E-state index is 11.7. The SMILES string of the molecule is CCCCC(N)C(=O)Nc1ccc(SC)cc1. The summed E-state index contributed by atoms with van der Waals surface area (Å²) >= 11 is 1.68. The highest BCUT2D eigenvalue weighted by Gasteiger charge is 2.12. The summed E-state index contributed by atoms with van der Waals surface area (Å²) in [6, 6.07) is 7.36. The van der Waals surface area contributed by atoms with Crippen molar-refractivity contribution in [3.63, 3.8) is 0 Å². The molecule has 0 radical (unpaired) electrons. The molecule has 1 atom stereocenters. The quantitative estimate of drug-likeness (QED) is 0.765. The molecule has 0 heterocycles. The highest BCUT2D eigenvalue weighted by atomic mass is 32.2. The van der Waals surface area contributed by atoms with Crippen molar-refractivity contribution < 1.29 is 4.79 Å². The summed E-state index contributed by atoms with van der Waals surface area (Å²) in [6.07, 6.45) is 4.81. The van der Waals surface area contributed by atoms with Crippen molar-refractivity contribution in [2.24, 2.45) is 5.73 Å². The molecule has 0 saturated heterocycles. The third-order valence-electron chi connectivity index (χ3n) is 2.56. The van der Waals surface area contributed by atoms with E-state index in [1.165, 1.54) is 4.90 Å². The van der Waals surface area contributed by atoms with Crippen molar-refractivity contribution in [3.8, 4) is 0 Å². The number of hydrogen-bond acceptors (Lipinski definition) is 3. The number of nitrogens with two attached hydrogens (primary N) is 1. The largest absolute Gasteiger partial charge is 0.325 e. The molecule has 1 aromatic carbocycles. The van der Waals surface area contributed by atoms with Gasteiger partial charge in [-0.2, -0.15) is 0 Å². The van der Waals surface area contributed by atoms with Crippen LogP contribution in [-0.2, 0) is 4.79 Å². The Morgan fingerprint density at radius 2 is 2.06 bits per heavy atom. The maximum Gasteiger partial charge on any atom is 0.241 e. The fourth-order valence-electron chi connectivity index (χ4n) is 1.46. The standard InChI is InChI=1S/C13H20N2OS/c1-3-4-5-12(14)13(16)15-10-6-8-11(17-2)9-7-10/h6-9,12H,3-5,14H2,1-2H3,(H,15,16). The predicted molar refractivity (Wildman–Crippen MR) is 74.4 cm³/mol. The normalized spacial score (nSPS) is 12.2. The summed E-state index contributed by atoms with van der Waals surface area (Å²) < 4.78 is 0. The first-order valence-corrected chi connectivity index (χ1v) is 7.10. The van der Waals surface area contributed by atoms with Gasteiger partial charge >= 0.3 is 0 Å². The van der Waals surface area contributed by atoms with Gasteiger partial charge in [0.25, 0.3) is 0 Å². The lowest BCUT2D eigenvalue weighted by atomic mass is 10.1. The third-order valence-corrected chi connectivity index (χ3v) is 3.31. The van der Waals surface area contributed by atoms with E-state index in [4.69, 9.17) is 5.73 Å². The minimum absolute atomic E-state index is 0.102. The van der Waals surface area contributed by atoms with Crippen LogP contribution in [0.25, 0.3) is 0 Å². The number of anilines is 1. The van der Waals surface area contributed by atoms with E-state index in [1.807, 2.05) is 30.5 Å². The lowest BCUT2D eigenvalue weighted by Crippen LogP contribution is -2.35. The number of benzene rings is 1. The van der Waals surface area contributed by atoms with Crippen LogP contribution in [0.2, 0.25) is 0 Å². The molecular weight excluding hydrogens is 232 g/mol. The average Bonchev–Trinajstić information content (AvgIpc) is 2.36. The molecule has 1 aromatic rings. The monoisotopic (exact) mass is 252 g/mol. The fraction of sp³-hybridized carbons (Fsp3) is 0.462. The highest BCUT2D eigenvalue weighted by molar-refractivity contribution is 7.98. The number of unbranched alkanes of at least 4 members (excludes halogenated alkanes) is 1. The van der Waals surface area contributed by atoms with Gasteiger partial charge in [-0.05, 0) is 36.9 Å². The molecule has 0 saturated carbocycles. The van der Waals surface area contributed by atoms with Gasteiger partial charge in [0, 0.05) is 10.6 Å². The fourth-order valence-corrected chi connectivity index (χ4v) is 1.87. The number of carbonyl (C=O) groups excluding carboxylic acids is 1. The van der Waals surface area contributed by atoms with Gasteiger partial charge in [0.1, 0.15) is 0 Å². The second-order valence-corrected chi connectivity index (χ2v) is 4.85. The van der Waals surface area contributed by atoms with Crippen LogP contribution in [0, 0.1) is 0 Å². The van der Waals surface area contributed by atoms with Crippen LogP contribution in [0.1, 0.15) is 26.2 Å². The second-order valence-electron chi connectivity index (χ2n) is 3.97. The smallest absolute Gasteiger partial charge is 0.241 e. The Morgan fingerprint density at radius 1 is 1.41 bits per heavy atom. The second kappa shape index (κ2) is 7.35. The van der Waals surface area contributed by atoms with E-state index in [-0.39, 0.29) is 5.91 Å². The number of hydrogen-bond donors (Lipinski definition) is 2. The Morgan fingerprint density at radius 3 is 2.59 bits per heavy atom. The maximum atomic E-state index is 11.7. The zero-order valence-electron chi connectivity index (χ0n) is 10.4. The molecule has 4 heteroatoms. The summed E-state index contributed by atoms with van der Waals surface area (Å²) in [5, 5.41) is 2.83. The third kappa shape index (κ3) is 4.79. The zero-order valence-corrected chi connectivity index (χ0v) is 11.2. The molecule has 1 amide bonds. The van der Waals surface area contributed by atoms with E-state index in [2.05, 4.69) is 12.2 Å². The van der Waals surface area contributed by atoms with E-state index in [9.17, 15) is 4.79 Å². The Hall–Kier alpha value is -1.00. The van der Waals surface area contributed by atoms with Gasteiger partial charge in [-0.15, -0.1) is 11.8 Å². The van der Waals surface area contributed by atoms with Gasteiger partial charge in [-0.1, -0.05) is 19.8 Å². The molecule has 1 rings (SSSR count). The Labute approximate surface area is 107 Å². The number of thioether (sulfide) groups is 1. The molecule has 94 valence electrons. The minimum atomic E-state index is -0.407. The molecule has 0 bridgehead atoms. The summed E-state index contributed by atoms with van der Waals surface area (Å²) in [4.78, 5) is 12.9. The van der Waals surface area contributed by atoms with Gasteiger partial charge in [0.15, 0.2) is 0 Å². The van der Waals surface area contributed by atoms with E-state index < -0.39 is 6.04 Å². The lowest BCUT2D eigenvalue weighted by molar-refractivity contribution is -0.117. The van der Waals surface area contributed by atoms with Crippen LogP contribution in [0.3, 0.4) is 0 Å². The Kier molecular flexibility index (Phi) is 6.08. The number of amides is 1. The molecule has 3 nitrogen and oxygen atoms in total. The van der Waals surface area contributed by atoms with Gasteiger partial charge in [0.05, 0.1) is 6.04 Å². The summed E-state index contributed by atoms with van der Waals surface area (Å²) in [6.45, 7) is 2.09. The van der Waals surface area contributed by atoms with Crippen LogP contribution in [0.5, 0.6) is 0 Å². The van der Waals surface area contributed by atoms with Gasteiger partial charge in [0.2, 0.25) is 5.91 Å². The van der Waals surface area contributed by atoms with Crippen LogP contribution in [0.4, 0.5) is 5.69 Å². The number of nitrogens with one attached hydrogen (secondary N) is 1. The number of carbonyl (C=O) groups is 1. The van der Waals surface area contributed by atoms with Crippen LogP contribution >= 0.6 is 11.8 Å². The van der Waals surface area contributed by atoms with Crippen LogP contribution in [-0.4, -0.2) is 18.2 Å². The summed E-state index contributed by atoms with van der Waals surface area (Å²) in [5.74, 6) is -0.102. The van der Waals surface area contributed by atoms with Gasteiger partial charge in [-0.3, -0.25) is 4.79 Å². The highest BCUT2D eigenvalue weighted by Crippen LogP contribution is 2.17. The molecule has 3 N–H and O–H groups in total. The molecule has 0 aliphatic carbocycles. The molecule has 17 heavy (non-hydrogen) atoms. The molecule has 0 aromatic heterocycles. The van der Waals surface area contributed by atoms with Crippen molar-refractivity contribution in [1.82, 2.24) is 0 Å². The van der Waals surface area contributed by atoms with Crippen molar-refractivity contribution in [2.45, 2.75) is 37.1 Å². The topological polar surface area (TPSA) is 55.1 Å². The van der Waals surface area contributed by atoms with Crippen LogP contribution in [0.15, 0.2) is 29.2 Å². The van der Waals surface area contributed by atoms with E-state index in [1.54, 1.807) is 11.8 Å². The van der Waals surface area contributed by atoms with E-state index in [0.29, 0.717) is 0 Å². The summed E-state index contributed by atoms with van der Waals surface area (Å²) in [5.41, 5.74) is 6.60. The molecular formula is C13H20N2OS. The molecule has 0 fully saturated rings. The molecule has 1 unspecified atom stereocenters. The minimum Gasteiger partial charge on any atom is -0.325 e. The van der Waals surface area contributed by atoms with E-state index in [0.717, 1.165) is 24.9 Å². The van der Waals surface area contributed by atoms with Crippen LogP contribution < -0.4 is 11.1 Å².